The summed E-state index contributed by atoms with van der Waals surface area (Å²) in [6.07, 6.45) is 13.6. The summed E-state index contributed by atoms with van der Waals surface area (Å²) in [6, 6.07) is 12.9. The molecule has 2 saturated carbocycles. The Labute approximate surface area is 223 Å². The molecular formula is C34H36F4. The molecule has 0 N–H and O–H groups in total. The van der Waals surface area contributed by atoms with Crippen LogP contribution in [0.1, 0.15) is 75.3 Å². The van der Waals surface area contributed by atoms with Gasteiger partial charge < -0.3 is 0 Å². The van der Waals surface area contributed by atoms with Crippen LogP contribution < -0.4 is 0 Å². The molecule has 0 amide bonds. The second kappa shape index (κ2) is 11.5. The summed E-state index contributed by atoms with van der Waals surface area (Å²) in [7, 11) is 0. The van der Waals surface area contributed by atoms with Crippen molar-refractivity contribution in [3.63, 3.8) is 0 Å². The maximum atomic E-state index is 15.3. The summed E-state index contributed by atoms with van der Waals surface area (Å²) < 4.78 is 59.0. The van der Waals surface area contributed by atoms with Crippen LogP contribution >= 0.6 is 0 Å². The molecule has 3 aromatic rings. The summed E-state index contributed by atoms with van der Waals surface area (Å²) in [4.78, 5) is 0. The Bertz CT molecular complexity index is 1290. The maximum absolute atomic E-state index is 15.3. The molecule has 0 atom stereocenters. The van der Waals surface area contributed by atoms with E-state index in [1.165, 1.54) is 44.7 Å². The molecule has 200 valence electrons. The fourth-order valence-corrected chi connectivity index (χ4v) is 6.78. The second-order valence-electron chi connectivity index (χ2n) is 11.3. The van der Waals surface area contributed by atoms with Gasteiger partial charge in [-0.25, -0.2) is 17.6 Å². The standard InChI is InChI=1S/C34H36F4/c1-3-4-22-6-8-23(9-7-22)24-10-12-25(13-11-24)29-19-20-30(34(38)33(29)37)27-16-14-26(15-17-27)28-18-5-21(2)31(35)32(28)36/h3-5,14-20,22-25H,6-13H2,1-2H3. The van der Waals surface area contributed by atoms with Crippen LogP contribution in [0, 0.1) is 47.9 Å². The van der Waals surface area contributed by atoms with E-state index in [-0.39, 0.29) is 22.6 Å². The van der Waals surface area contributed by atoms with Gasteiger partial charge >= 0.3 is 0 Å². The molecule has 4 heteroatoms. The van der Waals surface area contributed by atoms with E-state index in [4.69, 9.17) is 0 Å². The van der Waals surface area contributed by atoms with E-state index < -0.39 is 23.3 Å². The molecule has 0 nitrogen and oxygen atoms in total. The molecule has 2 fully saturated rings. The highest BCUT2D eigenvalue weighted by Crippen LogP contribution is 2.45. The topological polar surface area (TPSA) is 0 Å². The molecule has 0 unspecified atom stereocenters. The van der Waals surface area contributed by atoms with Gasteiger partial charge in [-0.15, -0.1) is 0 Å². The quantitative estimate of drug-likeness (QED) is 0.232. The van der Waals surface area contributed by atoms with Gasteiger partial charge in [0.25, 0.3) is 0 Å². The number of hydrogen-bond donors (Lipinski definition) is 0. The Balaban J connectivity index is 1.26. The second-order valence-corrected chi connectivity index (χ2v) is 11.3. The average Bonchev–Trinajstić information content (AvgIpc) is 2.94. The van der Waals surface area contributed by atoms with Gasteiger partial charge in [0.2, 0.25) is 0 Å². The van der Waals surface area contributed by atoms with Crippen molar-refractivity contribution >= 4 is 0 Å². The minimum absolute atomic E-state index is 0.0518. The molecule has 2 aliphatic carbocycles. The predicted molar refractivity (Wildman–Crippen MR) is 147 cm³/mol. The minimum Gasteiger partial charge on any atom is -0.203 e. The SMILES string of the molecule is CC=CC1CCC(C2CCC(c3ccc(-c4ccc(-c5ccc(C)c(F)c5F)cc4)c(F)c3F)CC2)CC1. The first-order chi connectivity index (χ1) is 18.4. The number of allylic oxidation sites excluding steroid dienone is 2. The lowest BCUT2D eigenvalue weighted by Gasteiger charge is -2.37. The van der Waals surface area contributed by atoms with Crippen molar-refractivity contribution < 1.29 is 17.6 Å². The van der Waals surface area contributed by atoms with Crippen LogP contribution in [0.5, 0.6) is 0 Å². The van der Waals surface area contributed by atoms with Crippen LogP contribution in [0.15, 0.2) is 60.7 Å². The number of halogens is 4. The Hall–Kier alpha value is -2.88. The summed E-state index contributed by atoms with van der Waals surface area (Å²) >= 11 is 0. The molecule has 0 aliphatic heterocycles. The van der Waals surface area contributed by atoms with Gasteiger partial charge in [0.15, 0.2) is 23.3 Å². The van der Waals surface area contributed by atoms with E-state index in [0.717, 1.165) is 37.5 Å². The smallest absolute Gasteiger partial charge is 0.166 e. The van der Waals surface area contributed by atoms with E-state index in [9.17, 15) is 8.78 Å². The first kappa shape index (κ1) is 26.7. The highest BCUT2D eigenvalue weighted by Gasteiger charge is 2.32. The molecule has 5 rings (SSSR count). The van der Waals surface area contributed by atoms with E-state index in [1.807, 2.05) is 0 Å². The zero-order valence-electron chi connectivity index (χ0n) is 22.3. The lowest BCUT2D eigenvalue weighted by molar-refractivity contribution is 0.170. The number of rotatable bonds is 5. The van der Waals surface area contributed by atoms with Crippen LogP contribution in [-0.4, -0.2) is 0 Å². The molecule has 38 heavy (non-hydrogen) atoms. The molecule has 0 aromatic heterocycles. The predicted octanol–water partition coefficient (Wildman–Crippen LogP) is 10.5. The molecule has 0 spiro atoms. The van der Waals surface area contributed by atoms with Gasteiger partial charge in [-0.1, -0.05) is 60.7 Å². The van der Waals surface area contributed by atoms with E-state index in [1.54, 1.807) is 36.4 Å². The normalized spacial score (nSPS) is 24.2. The third-order valence-electron chi connectivity index (χ3n) is 9.05. The third kappa shape index (κ3) is 5.32. The largest absolute Gasteiger partial charge is 0.203 e. The van der Waals surface area contributed by atoms with Crippen molar-refractivity contribution in [3.8, 4) is 22.3 Å². The van der Waals surface area contributed by atoms with Crippen LogP contribution in [0.25, 0.3) is 22.3 Å². The monoisotopic (exact) mass is 520 g/mol. The average molecular weight is 521 g/mol. The van der Waals surface area contributed by atoms with Gasteiger partial charge in [-0.3, -0.25) is 0 Å². The molecular weight excluding hydrogens is 484 g/mol. The Morgan fingerprint density at radius 3 is 1.63 bits per heavy atom. The van der Waals surface area contributed by atoms with Gasteiger partial charge in [0, 0.05) is 11.1 Å². The fraction of sp³-hybridized carbons (Fsp3) is 0.412. The zero-order chi connectivity index (χ0) is 26.8. The van der Waals surface area contributed by atoms with Crippen LogP contribution in [0.4, 0.5) is 17.6 Å². The molecule has 0 bridgehead atoms. The van der Waals surface area contributed by atoms with E-state index >= 15 is 8.78 Å². The van der Waals surface area contributed by atoms with E-state index in [0.29, 0.717) is 22.6 Å². The summed E-state index contributed by atoms with van der Waals surface area (Å²) in [5.74, 6) is -1.12. The zero-order valence-corrected chi connectivity index (χ0v) is 22.3. The molecule has 2 aliphatic rings. The van der Waals surface area contributed by atoms with Crippen LogP contribution in [0.2, 0.25) is 0 Å². The Morgan fingerprint density at radius 2 is 1.08 bits per heavy atom. The number of hydrogen-bond acceptors (Lipinski definition) is 0. The first-order valence-electron chi connectivity index (χ1n) is 14.0. The Kier molecular flexibility index (Phi) is 8.07. The minimum atomic E-state index is -0.907. The van der Waals surface area contributed by atoms with Crippen molar-refractivity contribution in [2.24, 2.45) is 17.8 Å². The van der Waals surface area contributed by atoms with E-state index in [2.05, 4.69) is 19.1 Å². The van der Waals surface area contributed by atoms with Crippen molar-refractivity contribution in [2.45, 2.75) is 71.1 Å². The Morgan fingerprint density at radius 1 is 0.579 bits per heavy atom. The summed E-state index contributed by atoms with van der Waals surface area (Å²) in [6.45, 7) is 3.60. The van der Waals surface area contributed by atoms with Crippen molar-refractivity contribution in [1.82, 2.24) is 0 Å². The van der Waals surface area contributed by atoms with Gasteiger partial charge in [-0.05, 0) is 111 Å². The van der Waals surface area contributed by atoms with Crippen LogP contribution in [0.3, 0.4) is 0 Å². The maximum Gasteiger partial charge on any atom is 0.166 e. The molecule has 0 heterocycles. The van der Waals surface area contributed by atoms with Gasteiger partial charge in [0.05, 0.1) is 0 Å². The third-order valence-corrected chi connectivity index (χ3v) is 9.05. The van der Waals surface area contributed by atoms with Crippen molar-refractivity contribution in [3.05, 3.63) is 95.1 Å². The first-order valence-corrected chi connectivity index (χ1v) is 14.0. The highest BCUT2D eigenvalue weighted by atomic mass is 19.2. The number of aryl methyl sites for hydroxylation is 1. The summed E-state index contributed by atoms with van der Waals surface area (Å²) in [5.41, 5.74) is 2.02. The molecule has 0 radical (unpaired) electrons. The lowest BCUT2D eigenvalue weighted by atomic mass is 9.68. The molecule has 3 aromatic carbocycles. The van der Waals surface area contributed by atoms with Gasteiger partial charge in [-0.2, -0.15) is 0 Å². The van der Waals surface area contributed by atoms with Crippen LogP contribution in [-0.2, 0) is 0 Å². The molecule has 0 saturated heterocycles. The number of benzene rings is 3. The van der Waals surface area contributed by atoms with Crippen molar-refractivity contribution in [2.75, 3.05) is 0 Å². The highest BCUT2D eigenvalue weighted by molar-refractivity contribution is 5.71. The van der Waals surface area contributed by atoms with Gasteiger partial charge in [0.1, 0.15) is 0 Å². The lowest BCUT2D eigenvalue weighted by Crippen LogP contribution is -2.25. The fourth-order valence-electron chi connectivity index (χ4n) is 6.78. The summed E-state index contributed by atoms with van der Waals surface area (Å²) in [5, 5.41) is 0. The van der Waals surface area contributed by atoms with Crippen molar-refractivity contribution in [1.29, 1.82) is 0 Å².